The van der Waals surface area contributed by atoms with Crippen molar-refractivity contribution in [3.8, 4) is 0 Å². The van der Waals surface area contributed by atoms with Gasteiger partial charge in [-0.1, -0.05) is 22.0 Å². The first-order chi connectivity index (χ1) is 11.8. The number of halogens is 1. The molecule has 0 unspecified atom stereocenters. The zero-order chi connectivity index (χ0) is 18.2. The van der Waals surface area contributed by atoms with Gasteiger partial charge in [0.05, 0.1) is 5.56 Å². The average Bonchev–Trinajstić information content (AvgIpc) is 2.60. The normalized spacial score (nSPS) is 14.3. The first-order valence-electron chi connectivity index (χ1n) is 7.78. The monoisotopic (exact) mass is 423 g/mol. The molecule has 0 atom stereocenters. The summed E-state index contributed by atoms with van der Waals surface area (Å²) in [6.45, 7) is 3.17. The lowest BCUT2D eigenvalue weighted by Gasteiger charge is -2.30. The standard InChI is InChI=1S/C17H18BrN3O3S/c1-11-7-13-10-21(6-5-14(13)15(18)8-11)17(22)12-3-4-16(20-9-12)25(23,24)19-2/h3-4,7-9,19H,5-6,10H2,1-2H3. The van der Waals surface area contributed by atoms with E-state index in [9.17, 15) is 13.2 Å². The SMILES string of the molecule is CNS(=O)(=O)c1ccc(C(=O)N2CCc3c(Br)cc(C)cc3C2)cn1. The molecule has 0 spiro atoms. The number of aryl methyl sites for hydroxylation is 1. The van der Waals surface area contributed by atoms with Crippen molar-refractivity contribution in [1.29, 1.82) is 0 Å². The van der Waals surface area contributed by atoms with Gasteiger partial charge in [0.15, 0.2) is 5.03 Å². The molecule has 8 heteroatoms. The Morgan fingerprint density at radius 3 is 2.72 bits per heavy atom. The summed E-state index contributed by atoms with van der Waals surface area (Å²) in [6.07, 6.45) is 2.09. The van der Waals surface area contributed by atoms with Crippen LogP contribution in [0.1, 0.15) is 27.0 Å². The van der Waals surface area contributed by atoms with Gasteiger partial charge in [0.25, 0.3) is 15.9 Å². The highest BCUT2D eigenvalue weighted by atomic mass is 79.9. The van der Waals surface area contributed by atoms with Gasteiger partial charge in [0.1, 0.15) is 0 Å². The molecule has 0 fully saturated rings. The van der Waals surface area contributed by atoms with Gasteiger partial charge in [-0.25, -0.2) is 18.1 Å². The topological polar surface area (TPSA) is 79.4 Å². The minimum atomic E-state index is -3.61. The predicted octanol–water partition coefficient (Wildman–Crippen LogP) is 2.26. The smallest absolute Gasteiger partial charge is 0.257 e. The van der Waals surface area contributed by atoms with Crippen molar-refractivity contribution in [1.82, 2.24) is 14.6 Å². The summed E-state index contributed by atoms with van der Waals surface area (Å²) < 4.78 is 26.7. The number of fused-ring (bicyclic) bond motifs is 1. The number of hydrogen-bond acceptors (Lipinski definition) is 4. The minimum Gasteiger partial charge on any atom is -0.334 e. The summed E-state index contributed by atoms with van der Waals surface area (Å²) in [6, 6.07) is 7.03. The molecule has 1 N–H and O–H groups in total. The van der Waals surface area contributed by atoms with Crippen LogP contribution in [-0.4, -0.2) is 37.8 Å². The highest BCUT2D eigenvalue weighted by Gasteiger charge is 2.24. The number of nitrogens with one attached hydrogen (secondary N) is 1. The van der Waals surface area contributed by atoms with Crippen LogP contribution in [0.5, 0.6) is 0 Å². The van der Waals surface area contributed by atoms with Crippen LogP contribution >= 0.6 is 15.9 Å². The third-order valence-electron chi connectivity index (χ3n) is 4.24. The number of sulfonamides is 1. The van der Waals surface area contributed by atoms with Crippen molar-refractivity contribution in [2.75, 3.05) is 13.6 Å². The van der Waals surface area contributed by atoms with E-state index in [0.29, 0.717) is 18.7 Å². The Balaban J connectivity index is 1.82. The van der Waals surface area contributed by atoms with E-state index in [2.05, 4.69) is 37.8 Å². The van der Waals surface area contributed by atoms with Gasteiger partial charge in [-0.2, -0.15) is 0 Å². The molecule has 132 valence electrons. The maximum atomic E-state index is 12.7. The number of pyridine rings is 1. The van der Waals surface area contributed by atoms with Crippen molar-refractivity contribution >= 4 is 31.9 Å². The molecule has 0 saturated heterocycles. The second-order valence-electron chi connectivity index (χ2n) is 5.95. The van der Waals surface area contributed by atoms with E-state index in [-0.39, 0.29) is 10.9 Å². The number of aromatic nitrogens is 1. The first kappa shape index (κ1) is 18.0. The Bertz CT molecular complexity index is 927. The molecule has 0 saturated carbocycles. The fourth-order valence-corrected chi connectivity index (χ4v) is 4.38. The van der Waals surface area contributed by atoms with Crippen LogP contribution in [0, 0.1) is 6.92 Å². The quantitative estimate of drug-likeness (QED) is 0.820. The maximum absolute atomic E-state index is 12.7. The van der Waals surface area contributed by atoms with Crippen LogP contribution < -0.4 is 4.72 Å². The van der Waals surface area contributed by atoms with E-state index in [1.807, 2.05) is 6.92 Å². The van der Waals surface area contributed by atoms with Gasteiger partial charge in [0.2, 0.25) is 0 Å². The zero-order valence-electron chi connectivity index (χ0n) is 13.9. The van der Waals surface area contributed by atoms with E-state index in [1.165, 1.54) is 30.9 Å². The number of nitrogens with zero attached hydrogens (tertiary/aromatic N) is 2. The number of carbonyl (C=O) groups excluding carboxylic acids is 1. The average molecular weight is 424 g/mol. The molecule has 1 aromatic heterocycles. The van der Waals surface area contributed by atoms with Gasteiger partial charge >= 0.3 is 0 Å². The van der Waals surface area contributed by atoms with Crippen LogP contribution in [0.15, 0.2) is 40.0 Å². The van der Waals surface area contributed by atoms with Gasteiger partial charge in [-0.3, -0.25) is 4.79 Å². The van der Waals surface area contributed by atoms with Crippen LogP contribution in [-0.2, 0) is 23.0 Å². The van der Waals surface area contributed by atoms with Crippen molar-refractivity contribution in [2.24, 2.45) is 0 Å². The number of hydrogen-bond donors (Lipinski definition) is 1. The summed E-state index contributed by atoms with van der Waals surface area (Å²) in [4.78, 5) is 18.4. The number of amides is 1. The molecule has 2 aromatic rings. The number of rotatable bonds is 3. The van der Waals surface area contributed by atoms with Gasteiger partial charge < -0.3 is 4.90 Å². The van der Waals surface area contributed by atoms with E-state index in [1.54, 1.807) is 4.90 Å². The lowest BCUT2D eigenvalue weighted by atomic mass is 9.97. The largest absolute Gasteiger partial charge is 0.334 e. The summed E-state index contributed by atoms with van der Waals surface area (Å²) in [5.41, 5.74) is 3.89. The number of carbonyl (C=O) groups is 1. The fourth-order valence-electron chi connectivity index (χ4n) is 2.92. The Labute approximate surface area is 155 Å². The van der Waals surface area contributed by atoms with Crippen molar-refractivity contribution in [3.05, 3.63) is 57.2 Å². The zero-order valence-corrected chi connectivity index (χ0v) is 16.3. The van der Waals surface area contributed by atoms with Gasteiger partial charge in [-0.05, 0) is 55.3 Å². The first-order valence-corrected chi connectivity index (χ1v) is 10.1. The van der Waals surface area contributed by atoms with Crippen LogP contribution in [0.3, 0.4) is 0 Å². The lowest BCUT2D eigenvalue weighted by molar-refractivity contribution is 0.0734. The molecule has 1 aliphatic heterocycles. The molecule has 0 bridgehead atoms. The second-order valence-corrected chi connectivity index (χ2v) is 8.64. The highest BCUT2D eigenvalue weighted by molar-refractivity contribution is 9.10. The Kier molecular flexibility index (Phi) is 4.95. The van der Waals surface area contributed by atoms with Gasteiger partial charge in [0, 0.05) is 23.8 Å². The summed E-state index contributed by atoms with van der Waals surface area (Å²) in [7, 11) is -2.29. The van der Waals surface area contributed by atoms with Crippen molar-refractivity contribution in [2.45, 2.75) is 24.9 Å². The fraction of sp³-hybridized carbons (Fsp3) is 0.294. The Morgan fingerprint density at radius 2 is 2.08 bits per heavy atom. The molecule has 1 aromatic carbocycles. The summed E-state index contributed by atoms with van der Waals surface area (Å²) in [5.74, 6) is -0.149. The molecule has 1 amide bonds. The molecule has 0 aliphatic carbocycles. The van der Waals surface area contributed by atoms with E-state index in [0.717, 1.165) is 22.0 Å². The van der Waals surface area contributed by atoms with E-state index in [4.69, 9.17) is 0 Å². The molecule has 3 rings (SSSR count). The third-order valence-corrected chi connectivity index (χ3v) is 6.28. The third kappa shape index (κ3) is 3.61. The molecule has 2 heterocycles. The van der Waals surface area contributed by atoms with Crippen LogP contribution in [0.25, 0.3) is 0 Å². The van der Waals surface area contributed by atoms with Crippen molar-refractivity contribution < 1.29 is 13.2 Å². The second kappa shape index (κ2) is 6.86. The molecular formula is C17H18BrN3O3S. The molecular weight excluding hydrogens is 406 g/mol. The Morgan fingerprint density at radius 1 is 1.32 bits per heavy atom. The van der Waals surface area contributed by atoms with E-state index < -0.39 is 10.0 Å². The van der Waals surface area contributed by atoms with Crippen molar-refractivity contribution in [3.63, 3.8) is 0 Å². The summed E-state index contributed by atoms with van der Waals surface area (Å²) >= 11 is 3.59. The minimum absolute atomic E-state index is 0.102. The van der Waals surface area contributed by atoms with Crippen LogP contribution in [0.4, 0.5) is 0 Å². The van der Waals surface area contributed by atoms with E-state index >= 15 is 0 Å². The van der Waals surface area contributed by atoms with Crippen LogP contribution in [0.2, 0.25) is 0 Å². The highest BCUT2D eigenvalue weighted by Crippen LogP contribution is 2.28. The maximum Gasteiger partial charge on any atom is 0.257 e. The Hall–Kier alpha value is -1.77. The molecule has 25 heavy (non-hydrogen) atoms. The predicted molar refractivity (Wildman–Crippen MR) is 97.8 cm³/mol. The lowest BCUT2D eigenvalue weighted by Crippen LogP contribution is -2.36. The molecule has 1 aliphatic rings. The molecule has 6 nitrogen and oxygen atoms in total. The number of benzene rings is 1. The molecule has 0 radical (unpaired) electrons. The summed E-state index contributed by atoms with van der Waals surface area (Å²) in [5, 5.41) is -0.102. The van der Waals surface area contributed by atoms with Gasteiger partial charge in [-0.15, -0.1) is 0 Å².